The minimum atomic E-state index is -3.08. The van der Waals surface area contributed by atoms with Crippen LogP contribution in [-0.4, -0.2) is 20.6 Å². The zero-order chi connectivity index (χ0) is 13.9. The van der Waals surface area contributed by atoms with Crippen molar-refractivity contribution in [1.29, 1.82) is 0 Å². The topological polar surface area (TPSA) is 76.4 Å². The minimum absolute atomic E-state index is 0.00175. The monoisotopic (exact) mass is 266 g/mol. The van der Waals surface area contributed by atoms with E-state index in [2.05, 4.69) is 10.1 Å². The molecule has 7 heteroatoms. The molecule has 0 unspecified atom stereocenters. The van der Waals surface area contributed by atoms with Crippen LogP contribution in [-0.2, 0) is 12.5 Å². The maximum atomic E-state index is 14.1. The average molecular weight is 266 g/mol. The highest BCUT2D eigenvalue weighted by Crippen LogP contribution is 2.29. The van der Waals surface area contributed by atoms with Crippen LogP contribution in [0.2, 0.25) is 0 Å². The van der Waals surface area contributed by atoms with Crippen molar-refractivity contribution >= 4 is 5.84 Å². The number of oxime groups is 1. The van der Waals surface area contributed by atoms with Crippen LogP contribution in [0, 0.1) is 0 Å². The van der Waals surface area contributed by atoms with E-state index in [1.54, 1.807) is 18.2 Å². The Hall–Kier alpha value is -2.44. The second-order valence-corrected chi connectivity index (χ2v) is 3.93. The van der Waals surface area contributed by atoms with Crippen LogP contribution in [0.15, 0.2) is 47.9 Å². The first-order chi connectivity index (χ1) is 9.04. The number of aromatic nitrogens is 2. The summed E-state index contributed by atoms with van der Waals surface area (Å²) in [4.78, 5) is 3.78. The van der Waals surface area contributed by atoms with Gasteiger partial charge in [0.25, 0.3) is 5.92 Å². The lowest BCUT2D eigenvalue weighted by Gasteiger charge is -2.18. The van der Waals surface area contributed by atoms with Crippen molar-refractivity contribution in [3.8, 4) is 0 Å². The van der Waals surface area contributed by atoms with E-state index in [4.69, 9.17) is 10.9 Å². The number of imidazole rings is 1. The second kappa shape index (κ2) is 5.05. The Kier molecular flexibility index (Phi) is 3.46. The largest absolute Gasteiger partial charge is 0.409 e. The van der Waals surface area contributed by atoms with E-state index in [9.17, 15) is 8.78 Å². The fourth-order valence-electron chi connectivity index (χ4n) is 1.70. The summed E-state index contributed by atoms with van der Waals surface area (Å²) in [7, 11) is 0. The number of hydrogen-bond acceptors (Lipinski definition) is 3. The highest BCUT2D eigenvalue weighted by Gasteiger charge is 2.32. The van der Waals surface area contributed by atoms with Crippen molar-refractivity contribution in [2.75, 3.05) is 0 Å². The Morgan fingerprint density at radius 1 is 1.37 bits per heavy atom. The molecule has 0 saturated heterocycles. The number of hydrogen-bond donors (Lipinski definition) is 2. The second-order valence-electron chi connectivity index (χ2n) is 3.93. The summed E-state index contributed by atoms with van der Waals surface area (Å²) in [6.07, 6.45) is 2.67. The third-order valence-corrected chi connectivity index (χ3v) is 2.62. The van der Waals surface area contributed by atoms with E-state index >= 15 is 0 Å². The van der Waals surface area contributed by atoms with Gasteiger partial charge in [-0.05, 0) is 0 Å². The molecule has 0 fully saturated rings. The molecular weight excluding hydrogens is 254 g/mol. The van der Waals surface area contributed by atoms with Gasteiger partial charge in [0, 0.05) is 18.0 Å². The lowest BCUT2D eigenvalue weighted by atomic mass is 10.1. The van der Waals surface area contributed by atoms with Crippen LogP contribution in [0.25, 0.3) is 0 Å². The SMILES string of the molecule is N/C(=N/O)c1nccn1CC(F)(F)c1ccccc1. The Bertz CT molecular complexity index is 580. The third-order valence-electron chi connectivity index (χ3n) is 2.62. The first-order valence-corrected chi connectivity index (χ1v) is 5.47. The summed E-state index contributed by atoms with van der Waals surface area (Å²) in [6, 6.07) is 7.45. The molecule has 1 aromatic heterocycles. The first-order valence-electron chi connectivity index (χ1n) is 5.47. The van der Waals surface area contributed by atoms with Gasteiger partial charge in [-0.15, -0.1) is 0 Å². The number of halogens is 2. The molecule has 0 atom stereocenters. The number of nitrogens with two attached hydrogens (primary N) is 1. The molecule has 5 nitrogen and oxygen atoms in total. The molecule has 2 rings (SSSR count). The number of benzene rings is 1. The van der Waals surface area contributed by atoms with Gasteiger partial charge >= 0.3 is 0 Å². The fourth-order valence-corrected chi connectivity index (χ4v) is 1.70. The Morgan fingerprint density at radius 3 is 2.68 bits per heavy atom. The zero-order valence-corrected chi connectivity index (χ0v) is 9.87. The number of amidine groups is 1. The normalized spacial score (nSPS) is 12.6. The summed E-state index contributed by atoms with van der Waals surface area (Å²) in [5.41, 5.74) is 5.27. The van der Waals surface area contributed by atoms with E-state index in [1.165, 1.54) is 24.5 Å². The smallest absolute Gasteiger partial charge is 0.290 e. The first kappa shape index (κ1) is 13.0. The van der Waals surface area contributed by atoms with E-state index in [-0.39, 0.29) is 17.2 Å². The molecule has 0 spiro atoms. The Labute approximate surface area is 108 Å². The maximum absolute atomic E-state index is 14.1. The maximum Gasteiger partial charge on any atom is 0.290 e. The molecule has 0 aliphatic rings. The van der Waals surface area contributed by atoms with Gasteiger partial charge in [0.15, 0.2) is 5.82 Å². The zero-order valence-electron chi connectivity index (χ0n) is 9.87. The van der Waals surface area contributed by atoms with Crippen molar-refractivity contribution in [3.05, 3.63) is 54.1 Å². The van der Waals surface area contributed by atoms with Gasteiger partial charge in [-0.25, -0.2) is 4.98 Å². The quantitative estimate of drug-likeness (QED) is 0.383. The summed E-state index contributed by atoms with van der Waals surface area (Å²) in [5, 5.41) is 11.3. The molecule has 0 saturated carbocycles. The molecule has 0 amide bonds. The van der Waals surface area contributed by atoms with E-state index in [0.717, 1.165) is 4.57 Å². The third kappa shape index (κ3) is 2.70. The van der Waals surface area contributed by atoms with Crippen molar-refractivity contribution in [2.24, 2.45) is 10.9 Å². The fraction of sp³-hybridized carbons (Fsp3) is 0.167. The molecule has 19 heavy (non-hydrogen) atoms. The molecule has 0 aliphatic heterocycles. The average Bonchev–Trinajstić information content (AvgIpc) is 2.86. The number of rotatable bonds is 4. The molecule has 1 aromatic carbocycles. The summed E-state index contributed by atoms with van der Waals surface area (Å²) in [5.74, 6) is -3.39. The standard InChI is InChI=1S/C12H12F2N4O/c13-12(14,9-4-2-1-3-5-9)8-18-7-6-16-11(18)10(15)17-19/h1-7,19H,8H2,(H2,15,17). The van der Waals surface area contributed by atoms with Crippen LogP contribution in [0.5, 0.6) is 0 Å². The molecule has 3 N–H and O–H groups in total. The lowest BCUT2D eigenvalue weighted by molar-refractivity contribution is -0.0224. The van der Waals surface area contributed by atoms with Crippen molar-refractivity contribution in [3.63, 3.8) is 0 Å². The summed E-state index contributed by atoms with van der Waals surface area (Å²) >= 11 is 0. The van der Waals surface area contributed by atoms with Crippen molar-refractivity contribution in [2.45, 2.75) is 12.5 Å². The number of nitrogens with zero attached hydrogens (tertiary/aromatic N) is 3. The van der Waals surface area contributed by atoms with Gasteiger partial charge in [-0.3, -0.25) is 0 Å². The van der Waals surface area contributed by atoms with Crippen molar-refractivity contribution < 1.29 is 14.0 Å². The molecule has 0 radical (unpaired) electrons. The molecule has 0 bridgehead atoms. The predicted molar refractivity (Wildman–Crippen MR) is 65.1 cm³/mol. The van der Waals surface area contributed by atoms with Gasteiger partial charge in [-0.1, -0.05) is 35.5 Å². The van der Waals surface area contributed by atoms with Crippen molar-refractivity contribution in [1.82, 2.24) is 9.55 Å². The van der Waals surface area contributed by atoms with Crippen LogP contribution in [0.3, 0.4) is 0 Å². The predicted octanol–water partition coefficient (Wildman–Crippen LogP) is 1.77. The molecule has 100 valence electrons. The molecule has 2 aromatic rings. The lowest BCUT2D eigenvalue weighted by Crippen LogP contribution is -2.26. The van der Waals surface area contributed by atoms with Gasteiger partial charge in [-0.2, -0.15) is 8.78 Å². The van der Waals surface area contributed by atoms with E-state index in [1.807, 2.05) is 0 Å². The van der Waals surface area contributed by atoms with Gasteiger partial charge < -0.3 is 15.5 Å². The Balaban J connectivity index is 2.29. The van der Waals surface area contributed by atoms with Crippen LogP contribution in [0.4, 0.5) is 8.78 Å². The van der Waals surface area contributed by atoms with E-state index in [0.29, 0.717) is 0 Å². The van der Waals surface area contributed by atoms with Gasteiger partial charge in [0.1, 0.15) is 0 Å². The van der Waals surface area contributed by atoms with E-state index < -0.39 is 12.5 Å². The molecule has 0 aliphatic carbocycles. The number of alkyl halides is 2. The van der Waals surface area contributed by atoms with Crippen LogP contribution in [0.1, 0.15) is 11.4 Å². The Morgan fingerprint density at radius 2 is 2.05 bits per heavy atom. The van der Waals surface area contributed by atoms with Gasteiger partial charge in [0.2, 0.25) is 5.84 Å². The molecule has 1 heterocycles. The van der Waals surface area contributed by atoms with Crippen LogP contribution < -0.4 is 5.73 Å². The van der Waals surface area contributed by atoms with Gasteiger partial charge in [0.05, 0.1) is 6.54 Å². The minimum Gasteiger partial charge on any atom is -0.409 e. The summed E-state index contributed by atoms with van der Waals surface area (Å²) < 4.78 is 29.3. The van der Waals surface area contributed by atoms with Crippen LogP contribution >= 0.6 is 0 Å². The highest BCUT2D eigenvalue weighted by atomic mass is 19.3. The highest BCUT2D eigenvalue weighted by molar-refractivity contribution is 5.93. The molecular formula is C12H12F2N4O. The summed E-state index contributed by atoms with van der Waals surface area (Å²) in [6.45, 7) is -0.636.